The molecule has 0 radical (unpaired) electrons. The molecule has 0 heterocycles. The molecule has 0 aromatic heterocycles. The maximum absolute atomic E-state index is 12.8. The highest BCUT2D eigenvalue weighted by molar-refractivity contribution is 7.89. The van der Waals surface area contributed by atoms with Crippen LogP contribution in [0.1, 0.15) is 21.5 Å². The Morgan fingerprint density at radius 2 is 1.66 bits per heavy atom. The van der Waals surface area contributed by atoms with Crippen molar-refractivity contribution in [3.8, 4) is 0 Å². The van der Waals surface area contributed by atoms with Crippen molar-refractivity contribution in [2.24, 2.45) is 0 Å². The molecule has 3 aromatic rings. The van der Waals surface area contributed by atoms with E-state index < -0.39 is 10.0 Å². The zero-order chi connectivity index (χ0) is 20.7. The Labute approximate surface area is 171 Å². The number of sulfonamides is 1. The van der Waals surface area contributed by atoms with E-state index in [1.54, 1.807) is 12.1 Å². The quantitative estimate of drug-likeness (QED) is 0.556. The van der Waals surface area contributed by atoms with E-state index in [1.807, 2.05) is 54.6 Å². The Bertz CT molecular complexity index is 1110. The molecule has 1 amide bonds. The topological polar surface area (TPSA) is 75.3 Å². The SMILES string of the molecule is C=CCNS(=O)(=O)c1cccc(C(=O)Nc2ccccc2Cc2ccccc2)c1. The Morgan fingerprint density at radius 1 is 0.931 bits per heavy atom. The maximum Gasteiger partial charge on any atom is 0.255 e. The van der Waals surface area contributed by atoms with Crippen molar-refractivity contribution >= 4 is 21.6 Å². The number of hydrogen-bond acceptors (Lipinski definition) is 3. The molecule has 0 fully saturated rings. The molecule has 0 atom stereocenters. The molecule has 0 spiro atoms. The maximum atomic E-state index is 12.8. The lowest BCUT2D eigenvalue weighted by molar-refractivity contribution is 0.102. The summed E-state index contributed by atoms with van der Waals surface area (Å²) in [5.74, 6) is -0.369. The molecule has 0 aliphatic heterocycles. The van der Waals surface area contributed by atoms with Crippen molar-refractivity contribution in [2.45, 2.75) is 11.3 Å². The zero-order valence-corrected chi connectivity index (χ0v) is 16.7. The van der Waals surface area contributed by atoms with Gasteiger partial charge in [-0.2, -0.15) is 0 Å². The second kappa shape index (κ2) is 9.32. The summed E-state index contributed by atoms with van der Waals surface area (Å²) >= 11 is 0. The number of benzene rings is 3. The summed E-state index contributed by atoms with van der Waals surface area (Å²) in [6.45, 7) is 3.61. The number of anilines is 1. The van der Waals surface area contributed by atoms with Gasteiger partial charge in [-0.25, -0.2) is 13.1 Å². The fraction of sp³-hybridized carbons (Fsp3) is 0.0870. The number of rotatable bonds is 8. The predicted octanol–water partition coefficient (Wildman–Crippen LogP) is 3.99. The minimum atomic E-state index is -3.70. The molecule has 2 N–H and O–H groups in total. The van der Waals surface area contributed by atoms with Gasteiger partial charge in [-0.15, -0.1) is 6.58 Å². The number of para-hydroxylation sites is 1. The van der Waals surface area contributed by atoms with Gasteiger partial charge in [0.15, 0.2) is 0 Å². The zero-order valence-electron chi connectivity index (χ0n) is 15.8. The van der Waals surface area contributed by atoms with E-state index in [9.17, 15) is 13.2 Å². The third-order valence-electron chi connectivity index (χ3n) is 4.33. The molecule has 0 aliphatic rings. The van der Waals surface area contributed by atoms with Crippen molar-refractivity contribution in [2.75, 3.05) is 11.9 Å². The summed E-state index contributed by atoms with van der Waals surface area (Å²) < 4.78 is 27.0. The predicted molar refractivity (Wildman–Crippen MR) is 115 cm³/mol. The van der Waals surface area contributed by atoms with Gasteiger partial charge < -0.3 is 5.32 Å². The summed E-state index contributed by atoms with van der Waals surface area (Å²) in [5.41, 5.74) is 3.07. The molecule has 5 nitrogen and oxygen atoms in total. The second-order valence-corrected chi connectivity index (χ2v) is 8.21. The Kier molecular flexibility index (Phi) is 6.59. The molecule has 148 valence electrons. The second-order valence-electron chi connectivity index (χ2n) is 6.44. The van der Waals surface area contributed by atoms with Gasteiger partial charge in [-0.3, -0.25) is 4.79 Å². The number of nitrogens with one attached hydrogen (secondary N) is 2. The van der Waals surface area contributed by atoms with Crippen molar-refractivity contribution in [3.63, 3.8) is 0 Å². The van der Waals surface area contributed by atoms with Gasteiger partial charge in [0.1, 0.15) is 0 Å². The minimum absolute atomic E-state index is 0.0320. The summed E-state index contributed by atoms with van der Waals surface area (Å²) in [5, 5.41) is 2.90. The normalized spacial score (nSPS) is 11.0. The van der Waals surface area contributed by atoms with Crippen LogP contribution in [0.4, 0.5) is 5.69 Å². The molecule has 0 aliphatic carbocycles. The van der Waals surface area contributed by atoms with E-state index in [2.05, 4.69) is 16.6 Å². The lowest BCUT2D eigenvalue weighted by atomic mass is 10.0. The molecule has 3 aromatic carbocycles. The van der Waals surface area contributed by atoms with E-state index >= 15 is 0 Å². The largest absolute Gasteiger partial charge is 0.322 e. The van der Waals surface area contributed by atoms with Crippen LogP contribution in [0.2, 0.25) is 0 Å². The molecule has 29 heavy (non-hydrogen) atoms. The lowest BCUT2D eigenvalue weighted by Crippen LogP contribution is -2.24. The molecule has 0 bridgehead atoms. The number of carbonyl (C=O) groups is 1. The van der Waals surface area contributed by atoms with E-state index in [0.717, 1.165) is 11.1 Å². The van der Waals surface area contributed by atoms with Crippen LogP contribution in [-0.2, 0) is 16.4 Å². The first kappa shape index (κ1) is 20.5. The van der Waals surface area contributed by atoms with Gasteiger partial charge >= 0.3 is 0 Å². The van der Waals surface area contributed by atoms with E-state index in [-0.39, 0.29) is 22.9 Å². The monoisotopic (exact) mass is 406 g/mol. The molecule has 0 unspecified atom stereocenters. The number of hydrogen-bond donors (Lipinski definition) is 2. The highest BCUT2D eigenvalue weighted by Gasteiger charge is 2.16. The highest BCUT2D eigenvalue weighted by atomic mass is 32.2. The van der Waals surface area contributed by atoms with Crippen LogP contribution in [0.5, 0.6) is 0 Å². The molecule has 6 heteroatoms. The average Bonchev–Trinajstić information content (AvgIpc) is 2.74. The summed E-state index contributed by atoms with van der Waals surface area (Å²) in [6, 6.07) is 23.5. The van der Waals surface area contributed by atoms with Crippen molar-refractivity contribution in [1.82, 2.24) is 4.72 Å². The third kappa shape index (κ3) is 5.40. The number of amides is 1. The van der Waals surface area contributed by atoms with Gasteiger partial charge in [0.2, 0.25) is 10.0 Å². The smallest absolute Gasteiger partial charge is 0.255 e. The first-order chi connectivity index (χ1) is 14.0. The van der Waals surface area contributed by atoms with Gasteiger partial charge in [-0.05, 0) is 41.8 Å². The molecular weight excluding hydrogens is 384 g/mol. The van der Waals surface area contributed by atoms with Crippen LogP contribution < -0.4 is 10.0 Å². The fourth-order valence-electron chi connectivity index (χ4n) is 2.86. The van der Waals surface area contributed by atoms with Crippen LogP contribution >= 0.6 is 0 Å². The van der Waals surface area contributed by atoms with Crippen LogP contribution in [0.15, 0.2) is 96.4 Å². The standard InChI is InChI=1S/C23H22N2O3S/c1-2-15-24-29(27,28)21-13-8-12-20(17-21)23(26)25-22-14-7-6-11-19(22)16-18-9-4-3-5-10-18/h2-14,17,24H,1,15-16H2,(H,25,26). The fourth-order valence-corrected chi connectivity index (χ4v) is 3.91. The van der Waals surface area contributed by atoms with Gasteiger partial charge in [0.25, 0.3) is 5.91 Å². The van der Waals surface area contributed by atoms with Gasteiger partial charge in [-0.1, -0.05) is 60.7 Å². The Hall–Kier alpha value is -3.22. The summed E-state index contributed by atoms with van der Waals surface area (Å²) in [7, 11) is -3.70. The Morgan fingerprint density at radius 3 is 2.41 bits per heavy atom. The minimum Gasteiger partial charge on any atom is -0.322 e. The number of carbonyl (C=O) groups excluding carboxylic acids is 1. The van der Waals surface area contributed by atoms with Crippen LogP contribution in [0, 0.1) is 0 Å². The average molecular weight is 407 g/mol. The highest BCUT2D eigenvalue weighted by Crippen LogP contribution is 2.20. The molecule has 0 saturated carbocycles. The van der Waals surface area contributed by atoms with Crippen LogP contribution in [-0.4, -0.2) is 20.9 Å². The van der Waals surface area contributed by atoms with Crippen molar-refractivity contribution in [3.05, 3.63) is 108 Å². The third-order valence-corrected chi connectivity index (χ3v) is 5.75. The molecule has 0 saturated heterocycles. The van der Waals surface area contributed by atoms with Crippen molar-refractivity contribution in [1.29, 1.82) is 0 Å². The first-order valence-corrected chi connectivity index (χ1v) is 10.6. The summed E-state index contributed by atoms with van der Waals surface area (Å²) in [4.78, 5) is 12.8. The van der Waals surface area contributed by atoms with Gasteiger partial charge in [0, 0.05) is 17.8 Å². The van der Waals surface area contributed by atoms with E-state index in [0.29, 0.717) is 12.1 Å². The molecular formula is C23H22N2O3S. The van der Waals surface area contributed by atoms with Crippen LogP contribution in [0.3, 0.4) is 0 Å². The van der Waals surface area contributed by atoms with E-state index in [4.69, 9.17) is 0 Å². The van der Waals surface area contributed by atoms with E-state index in [1.165, 1.54) is 18.2 Å². The van der Waals surface area contributed by atoms with Crippen molar-refractivity contribution < 1.29 is 13.2 Å². The van der Waals surface area contributed by atoms with Gasteiger partial charge in [0.05, 0.1) is 4.90 Å². The molecule has 3 rings (SSSR count). The Balaban J connectivity index is 1.81. The first-order valence-electron chi connectivity index (χ1n) is 9.13. The van der Waals surface area contributed by atoms with Crippen LogP contribution in [0.25, 0.3) is 0 Å². The summed E-state index contributed by atoms with van der Waals surface area (Å²) in [6.07, 6.45) is 2.13. The lowest BCUT2D eigenvalue weighted by Gasteiger charge is -2.12.